The zero-order valence-corrected chi connectivity index (χ0v) is 14.2. The fourth-order valence-corrected chi connectivity index (χ4v) is 3.72. The fraction of sp³-hybridized carbons (Fsp3) is 0.500. The SMILES string of the molecule is CC1(NC(=O)c2ccc(N3CCNC3=O)cc2)CCCCC1C(=O)O. The van der Waals surface area contributed by atoms with E-state index in [0.717, 1.165) is 18.5 Å². The number of benzene rings is 1. The van der Waals surface area contributed by atoms with Crippen LogP contribution in [0.4, 0.5) is 10.5 Å². The van der Waals surface area contributed by atoms with Crippen molar-refractivity contribution in [1.29, 1.82) is 0 Å². The van der Waals surface area contributed by atoms with Crippen LogP contribution in [0.5, 0.6) is 0 Å². The molecule has 1 aliphatic carbocycles. The molecule has 1 saturated carbocycles. The molecule has 0 radical (unpaired) electrons. The highest BCUT2D eigenvalue weighted by atomic mass is 16.4. The van der Waals surface area contributed by atoms with Crippen molar-refractivity contribution in [1.82, 2.24) is 10.6 Å². The second kappa shape index (κ2) is 6.74. The first kappa shape index (κ1) is 17.3. The van der Waals surface area contributed by atoms with Gasteiger partial charge in [-0.05, 0) is 44.0 Å². The van der Waals surface area contributed by atoms with Gasteiger partial charge in [0.05, 0.1) is 11.5 Å². The molecular weight excluding hydrogens is 322 g/mol. The molecule has 0 spiro atoms. The number of nitrogens with one attached hydrogen (secondary N) is 2. The highest BCUT2D eigenvalue weighted by Gasteiger charge is 2.42. The third-order valence-electron chi connectivity index (χ3n) is 5.20. The third kappa shape index (κ3) is 3.45. The van der Waals surface area contributed by atoms with Gasteiger partial charge in [0.15, 0.2) is 0 Å². The van der Waals surface area contributed by atoms with Crippen LogP contribution >= 0.6 is 0 Å². The van der Waals surface area contributed by atoms with E-state index in [9.17, 15) is 19.5 Å². The van der Waals surface area contributed by atoms with Crippen molar-refractivity contribution in [2.24, 2.45) is 5.92 Å². The number of aliphatic carboxylic acids is 1. The monoisotopic (exact) mass is 345 g/mol. The molecule has 1 saturated heterocycles. The van der Waals surface area contributed by atoms with E-state index in [1.165, 1.54) is 0 Å². The van der Waals surface area contributed by atoms with E-state index in [-0.39, 0.29) is 11.9 Å². The Kier molecular flexibility index (Phi) is 4.65. The van der Waals surface area contributed by atoms with Crippen LogP contribution in [0.1, 0.15) is 43.0 Å². The lowest BCUT2D eigenvalue weighted by Crippen LogP contribution is -2.55. The molecule has 7 nitrogen and oxygen atoms in total. The first-order valence-electron chi connectivity index (χ1n) is 8.61. The molecule has 2 unspecified atom stereocenters. The minimum absolute atomic E-state index is 0.142. The van der Waals surface area contributed by atoms with Gasteiger partial charge in [0.2, 0.25) is 0 Å². The van der Waals surface area contributed by atoms with Gasteiger partial charge in [-0.25, -0.2) is 4.79 Å². The Hall–Kier alpha value is -2.57. The molecule has 3 rings (SSSR count). The standard InChI is InChI=1S/C18H23N3O4/c1-18(9-3-2-4-14(18)16(23)24)20-15(22)12-5-7-13(8-6-12)21-11-10-19-17(21)25/h5-8,14H,2-4,9-11H2,1H3,(H,19,25)(H,20,22)(H,23,24). The summed E-state index contributed by atoms with van der Waals surface area (Å²) in [7, 11) is 0. The number of hydrogen-bond acceptors (Lipinski definition) is 3. The van der Waals surface area contributed by atoms with E-state index in [0.29, 0.717) is 31.5 Å². The van der Waals surface area contributed by atoms with Crippen molar-refractivity contribution < 1.29 is 19.5 Å². The second-order valence-corrected chi connectivity index (χ2v) is 6.94. The summed E-state index contributed by atoms with van der Waals surface area (Å²) in [5.41, 5.74) is 0.451. The molecule has 1 heterocycles. The number of nitrogens with zero attached hydrogens (tertiary/aromatic N) is 1. The zero-order valence-electron chi connectivity index (χ0n) is 14.2. The number of carboxylic acid groups (broad SMARTS) is 1. The smallest absolute Gasteiger partial charge is 0.321 e. The maximum absolute atomic E-state index is 12.6. The summed E-state index contributed by atoms with van der Waals surface area (Å²) in [6.07, 6.45) is 3.01. The van der Waals surface area contributed by atoms with Crippen molar-refractivity contribution in [3.05, 3.63) is 29.8 Å². The largest absolute Gasteiger partial charge is 0.481 e. The van der Waals surface area contributed by atoms with Gasteiger partial charge in [-0.15, -0.1) is 0 Å². The number of urea groups is 1. The van der Waals surface area contributed by atoms with Crippen LogP contribution in [-0.4, -0.2) is 41.6 Å². The van der Waals surface area contributed by atoms with Gasteiger partial charge >= 0.3 is 12.0 Å². The molecule has 0 bridgehead atoms. The summed E-state index contributed by atoms with van der Waals surface area (Å²) in [6, 6.07) is 6.66. The summed E-state index contributed by atoms with van der Waals surface area (Å²) in [4.78, 5) is 37.4. The summed E-state index contributed by atoms with van der Waals surface area (Å²) in [5, 5.41) is 15.1. The molecule has 7 heteroatoms. The second-order valence-electron chi connectivity index (χ2n) is 6.94. The summed E-state index contributed by atoms with van der Waals surface area (Å²) in [6.45, 7) is 3.02. The number of carboxylic acids is 1. The average Bonchev–Trinajstić information content (AvgIpc) is 3.00. The molecule has 2 aliphatic rings. The Labute approximate surface area is 146 Å². The number of carbonyl (C=O) groups is 3. The maximum Gasteiger partial charge on any atom is 0.321 e. The normalized spacial score (nSPS) is 26.2. The third-order valence-corrected chi connectivity index (χ3v) is 5.20. The highest BCUT2D eigenvalue weighted by molar-refractivity contribution is 5.97. The number of amides is 3. The predicted octanol–water partition coefficient (Wildman–Crippen LogP) is 1.98. The Morgan fingerprint density at radius 2 is 2.00 bits per heavy atom. The Balaban J connectivity index is 1.72. The molecule has 1 aliphatic heterocycles. The molecule has 3 N–H and O–H groups in total. The molecule has 2 fully saturated rings. The minimum atomic E-state index is -0.863. The van der Waals surface area contributed by atoms with E-state index in [4.69, 9.17) is 0 Å². The van der Waals surface area contributed by atoms with Gasteiger partial charge < -0.3 is 15.7 Å². The summed E-state index contributed by atoms with van der Waals surface area (Å²) in [5.74, 6) is -1.72. The van der Waals surface area contributed by atoms with Gasteiger partial charge in [-0.3, -0.25) is 14.5 Å². The van der Waals surface area contributed by atoms with Crippen LogP contribution in [0.25, 0.3) is 0 Å². The molecule has 3 amide bonds. The van der Waals surface area contributed by atoms with Crippen LogP contribution in [0.2, 0.25) is 0 Å². The van der Waals surface area contributed by atoms with E-state index < -0.39 is 17.4 Å². The van der Waals surface area contributed by atoms with Gasteiger partial charge in [-0.1, -0.05) is 12.8 Å². The topological polar surface area (TPSA) is 98.7 Å². The minimum Gasteiger partial charge on any atom is -0.481 e. The molecule has 2 atom stereocenters. The maximum atomic E-state index is 12.6. The van der Waals surface area contributed by atoms with Gasteiger partial charge in [0, 0.05) is 24.3 Å². The highest BCUT2D eigenvalue weighted by Crippen LogP contribution is 2.34. The van der Waals surface area contributed by atoms with Crippen molar-refractivity contribution >= 4 is 23.6 Å². The van der Waals surface area contributed by atoms with Gasteiger partial charge in [0.25, 0.3) is 5.91 Å². The molecule has 0 aromatic heterocycles. The van der Waals surface area contributed by atoms with Crippen molar-refractivity contribution in [3.8, 4) is 0 Å². The van der Waals surface area contributed by atoms with Crippen LogP contribution < -0.4 is 15.5 Å². The molecule has 1 aromatic rings. The quantitative estimate of drug-likeness (QED) is 0.777. The average molecular weight is 345 g/mol. The first-order chi connectivity index (χ1) is 11.9. The lowest BCUT2D eigenvalue weighted by Gasteiger charge is -2.39. The molecular formula is C18H23N3O4. The van der Waals surface area contributed by atoms with Crippen LogP contribution in [-0.2, 0) is 4.79 Å². The number of anilines is 1. The van der Waals surface area contributed by atoms with Crippen LogP contribution in [0, 0.1) is 5.92 Å². The van der Waals surface area contributed by atoms with Gasteiger partial charge in [-0.2, -0.15) is 0 Å². The van der Waals surface area contributed by atoms with E-state index in [1.54, 1.807) is 29.2 Å². The fourth-order valence-electron chi connectivity index (χ4n) is 3.72. The van der Waals surface area contributed by atoms with Crippen molar-refractivity contribution in [3.63, 3.8) is 0 Å². The van der Waals surface area contributed by atoms with Crippen LogP contribution in [0.15, 0.2) is 24.3 Å². The van der Waals surface area contributed by atoms with Gasteiger partial charge in [0.1, 0.15) is 0 Å². The molecule has 1 aromatic carbocycles. The van der Waals surface area contributed by atoms with Crippen LogP contribution in [0.3, 0.4) is 0 Å². The zero-order chi connectivity index (χ0) is 18.0. The van der Waals surface area contributed by atoms with E-state index in [1.807, 2.05) is 6.92 Å². The van der Waals surface area contributed by atoms with E-state index >= 15 is 0 Å². The van der Waals surface area contributed by atoms with Crippen molar-refractivity contribution in [2.75, 3.05) is 18.0 Å². The Morgan fingerprint density at radius 1 is 1.28 bits per heavy atom. The Morgan fingerprint density at radius 3 is 2.60 bits per heavy atom. The first-order valence-corrected chi connectivity index (χ1v) is 8.61. The summed E-state index contributed by atoms with van der Waals surface area (Å²) < 4.78 is 0. The lowest BCUT2D eigenvalue weighted by molar-refractivity contribution is -0.145. The molecule has 25 heavy (non-hydrogen) atoms. The summed E-state index contributed by atoms with van der Waals surface area (Å²) >= 11 is 0. The Bertz CT molecular complexity index is 688. The number of carbonyl (C=O) groups excluding carboxylic acids is 2. The lowest BCUT2D eigenvalue weighted by atomic mass is 9.73. The van der Waals surface area contributed by atoms with E-state index in [2.05, 4.69) is 10.6 Å². The number of rotatable bonds is 4. The van der Waals surface area contributed by atoms with Crippen molar-refractivity contribution in [2.45, 2.75) is 38.1 Å². The predicted molar refractivity (Wildman–Crippen MR) is 92.7 cm³/mol. The molecule has 134 valence electrons. The number of hydrogen-bond donors (Lipinski definition) is 3.